The maximum absolute atomic E-state index is 8.54. The van der Waals surface area contributed by atoms with Crippen molar-refractivity contribution in [3.8, 4) is 0 Å². The van der Waals surface area contributed by atoms with E-state index >= 15 is 0 Å². The highest BCUT2D eigenvalue weighted by atomic mass is 16.3. The summed E-state index contributed by atoms with van der Waals surface area (Å²) in [6.45, 7) is 4.79. The van der Waals surface area contributed by atoms with Crippen molar-refractivity contribution in [2.45, 2.75) is 25.9 Å². The van der Waals surface area contributed by atoms with Gasteiger partial charge in [0.2, 0.25) is 0 Å². The molecule has 0 fully saturated rings. The van der Waals surface area contributed by atoms with E-state index in [1.54, 1.807) is 0 Å². The van der Waals surface area contributed by atoms with Gasteiger partial charge in [0, 0.05) is 18.6 Å². The summed E-state index contributed by atoms with van der Waals surface area (Å²) in [7, 11) is 0. The molecule has 0 saturated carbocycles. The molecule has 0 bridgehead atoms. The Morgan fingerprint density at radius 1 is 1.56 bits per heavy atom. The fraction of sp³-hybridized carbons (Fsp3) is 1.00. The Morgan fingerprint density at radius 3 is 2.44 bits per heavy atom. The standard InChI is InChI=1S/C6H16N2O/c1-5(7)3-8-6(2)4-9/h5-6,8-9H,3-4,7H2,1-2H3/t5-,6+/m1/s1. The molecule has 0 aliphatic heterocycles. The van der Waals surface area contributed by atoms with E-state index in [0.29, 0.717) is 0 Å². The van der Waals surface area contributed by atoms with Crippen molar-refractivity contribution in [3.63, 3.8) is 0 Å². The first-order valence-corrected chi connectivity index (χ1v) is 3.26. The molecule has 0 aromatic rings. The third-order valence-corrected chi connectivity index (χ3v) is 1.06. The second-order valence-electron chi connectivity index (χ2n) is 2.47. The summed E-state index contributed by atoms with van der Waals surface area (Å²) >= 11 is 0. The van der Waals surface area contributed by atoms with Crippen LogP contribution in [0.3, 0.4) is 0 Å². The Bertz CT molecular complexity index is 66.1. The van der Waals surface area contributed by atoms with E-state index in [4.69, 9.17) is 10.8 Å². The lowest BCUT2D eigenvalue weighted by Crippen LogP contribution is -2.38. The third-order valence-electron chi connectivity index (χ3n) is 1.06. The summed E-state index contributed by atoms with van der Waals surface area (Å²) in [6.07, 6.45) is 0. The van der Waals surface area contributed by atoms with Crippen LogP contribution in [0, 0.1) is 0 Å². The minimum absolute atomic E-state index is 0.163. The first-order valence-electron chi connectivity index (χ1n) is 3.26. The van der Waals surface area contributed by atoms with Crippen LogP contribution in [0.25, 0.3) is 0 Å². The zero-order chi connectivity index (χ0) is 7.28. The molecule has 3 heteroatoms. The molecule has 0 heterocycles. The van der Waals surface area contributed by atoms with Gasteiger partial charge in [-0.15, -0.1) is 0 Å². The fourth-order valence-corrected chi connectivity index (χ4v) is 0.452. The average Bonchev–Trinajstić information content (AvgIpc) is 1.83. The third kappa shape index (κ3) is 5.76. The predicted molar refractivity (Wildman–Crippen MR) is 38.2 cm³/mol. The SMILES string of the molecule is C[C@@H](N)CN[C@@H](C)CO. The Morgan fingerprint density at radius 2 is 2.11 bits per heavy atom. The van der Waals surface area contributed by atoms with E-state index in [1.807, 2.05) is 13.8 Å². The molecule has 56 valence electrons. The van der Waals surface area contributed by atoms with Crippen molar-refractivity contribution < 1.29 is 5.11 Å². The highest BCUT2D eigenvalue weighted by molar-refractivity contribution is 4.62. The second-order valence-corrected chi connectivity index (χ2v) is 2.47. The summed E-state index contributed by atoms with van der Waals surface area (Å²) in [4.78, 5) is 0. The lowest BCUT2D eigenvalue weighted by molar-refractivity contribution is 0.250. The minimum atomic E-state index is 0.163. The van der Waals surface area contributed by atoms with Crippen molar-refractivity contribution >= 4 is 0 Å². The van der Waals surface area contributed by atoms with Crippen molar-refractivity contribution in [1.29, 1.82) is 0 Å². The average molecular weight is 132 g/mol. The van der Waals surface area contributed by atoms with Gasteiger partial charge in [-0.05, 0) is 13.8 Å². The maximum atomic E-state index is 8.54. The highest BCUT2D eigenvalue weighted by Gasteiger charge is 1.98. The van der Waals surface area contributed by atoms with Gasteiger partial charge in [0.25, 0.3) is 0 Å². The topological polar surface area (TPSA) is 58.3 Å². The van der Waals surface area contributed by atoms with Crippen LogP contribution in [0.5, 0.6) is 0 Å². The molecule has 0 aliphatic carbocycles. The summed E-state index contributed by atoms with van der Waals surface area (Å²) in [5.74, 6) is 0. The van der Waals surface area contributed by atoms with Gasteiger partial charge in [-0.1, -0.05) is 0 Å². The zero-order valence-corrected chi connectivity index (χ0v) is 6.09. The zero-order valence-electron chi connectivity index (χ0n) is 6.09. The van der Waals surface area contributed by atoms with Crippen LogP contribution in [0.2, 0.25) is 0 Å². The molecule has 0 amide bonds. The lowest BCUT2D eigenvalue weighted by atomic mass is 10.3. The fourth-order valence-electron chi connectivity index (χ4n) is 0.452. The Labute approximate surface area is 56.2 Å². The molecule has 0 saturated heterocycles. The number of nitrogens with one attached hydrogen (secondary N) is 1. The van der Waals surface area contributed by atoms with Crippen LogP contribution in [0.1, 0.15) is 13.8 Å². The molecular formula is C6H16N2O. The molecule has 9 heavy (non-hydrogen) atoms. The second kappa shape index (κ2) is 4.73. The van der Waals surface area contributed by atoms with E-state index in [1.165, 1.54) is 0 Å². The van der Waals surface area contributed by atoms with Gasteiger partial charge in [-0.3, -0.25) is 0 Å². The number of aliphatic hydroxyl groups excluding tert-OH is 1. The van der Waals surface area contributed by atoms with Gasteiger partial charge in [-0.25, -0.2) is 0 Å². The van der Waals surface area contributed by atoms with Crippen LogP contribution in [-0.2, 0) is 0 Å². The Kier molecular flexibility index (Phi) is 4.67. The quantitative estimate of drug-likeness (QED) is 0.474. The molecule has 0 rings (SSSR count). The van der Waals surface area contributed by atoms with Gasteiger partial charge < -0.3 is 16.2 Å². The van der Waals surface area contributed by atoms with Crippen LogP contribution in [0.4, 0.5) is 0 Å². The smallest absolute Gasteiger partial charge is 0.0581 e. The molecule has 2 atom stereocenters. The van der Waals surface area contributed by atoms with Gasteiger partial charge in [-0.2, -0.15) is 0 Å². The van der Waals surface area contributed by atoms with Crippen molar-refractivity contribution in [1.82, 2.24) is 5.32 Å². The molecule has 4 N–H and O–H groups in total. The van der Waals surface area contributed by atoms with Gasteiger partial charge >= 0.3 is 0 Å². The summed E-state index contributed by atoms with van der Waals surface area (Å²) < 4.78 is 0. The molecular weight excluding hydrogens is 116 g/mol. The van der Waals surface area contributed by atoms with Crippen LogP contribution in [0.15, 0.2) is 0 Å². The van der Waals surface area contributed by atoms with Crippen LogP contribution in [-0.4, -0.2) is 30.3 Å². The normalized spacial score (nSPS) is 17.3. The number of hydrogen-bond donors (Lipinski definition) is 3. The van der Waals surface area contributed by atoms with E-state index < -0.39 is 0 Å². The summed E-state index contributed by atoms with van der Waals surface area (Å²) in [5, 5.41) is 11.6. The van der Waals surface area contributed by atoms with Gasteiger partial charge in [0.15, 0.2) is 0 Å². The van der Waals surface area contributed by atoms with Gasteiger partial charge in [0.1, 0.15) is 0 Å². The summed E-state index contributed by atoms with van der Waals surface area (Å²) in [6, 6.07) is 0.329. The Hall–Kier alpha value is -0.120. The van der Waals surface area contributed by atoms with Gasteiger partial charge in [0.05, 0.1) is 6.61 Å². The molecule has 0 radical (unpaired) electrons. The van der Waals surface area contributed by atoms with Crippen LogP contribution < -0.4 is 11.1 Å². The number of aliphatic hydroxyl groups is 1. The largest absolute Gasteiger partial charge is 0.395 e. The number of nitrogens with two attached hydrogens (primary N) is 1. The van der Waals surface area contributed by atoms with E-state index in [0.717, 1.165) is 6.54 Å². The van der Waals surface area contributed by atoms with Crippen molar-refractivity contribution in [2.75, 3.05) is 13.2 Å². The monoisotopic (exact) mass is 132 g/mol. The van der Waals surface area contributed by atoms with E-state index in [9.17, 15) is 0 Å². The molecule has 0 unspecified atom stereocenters. The number of rotatable bonds is 4. The Balaban J connectivity index is 3.06. The lowest BCUT2D eigenvalue weighted by Gasteiger charge is -2.11. The molecule has 0 spiro atoms. The molecule has 0 aliphatic rings. The predicted octanol–water partition coefficient (Wildman–Crippen LogP) is -0.696. The molecule has 3 nitrogen and oxygen atoms in total. The molecule has 0 aromatic heterocycles. The van der Waals surface area contributed by atoms with E-state index in [2.05, 4.69) is 5.32 Å². The first kappa shape index (κ1) is 8.88. The van der Waals surface area contributed by atoms with Crippen molar-refractivity contribution in [2.24, 2.45) is 5.73 Å². The maximum Gasteiger partial charge on any atom is 0.0581 e. The summed E-state index contributed by atoms with van der Waals surface area (Å²) in [5.41, 5.74) is 5.45. The van der Waals surface area contributed by atoms with Crippen molar-refractivity contribution in [3.05, 3.63) is 0 Å². The highest BCUT2D eigenvalue weighted by Crippen LogP contribution is 1.77. The first-order chi connectivity index (χ1) is 4.16. The van der Waals surface area contributed by atoms with E-state index in [-0.39, 0.29) is 18.7 Å². The molecule has 0 aromatic carbocycles. The van der Waals surface area contributed by atoms with Crippen LogP contribution >= 0.6 is 0 Å². The number of hydrogen-bond acceptors (Lipinski definition) is 3. The minimum Gasteiger partial charge on any atom is -0.395 e.